The Morgan fingerprint density at radius 3 is 2.25 bits per heavy atom. The second-order valence-corrected chi connectivity index (χ2v) is 7.23. The number of aromatic carboxylic acids is 1. The van der Waals surface area contributed by atoms with Crippen LogP contribution in [0.25, 0.3) is 0 Å². The number of benzene rings is 2. The minimum atomic E-state index is -3.80. The third-order valence-electron chi connectivity index (χ3n) is 3.52. The van der Waals surface area contributed by atoms with Crippen molar-refractivity contribution in [1.82, 2.24) is 0 Å². The molecule has 128 valence electrons. The molecule has 0 amide bonds. The highest BCUT2D eigenvalue weighted by atomic mass is 32.2. The zero-order chi connectivity index (χ0) is 17.9. The van der Waals surface area contributed by atoms with Gasteiger partial charge in [-0.25, -0.2) is 13.2 Å². The van der Waals surface area contributed by atoms with Crippen LogP contribution in [-0.4, -0.2) is 26.6 Å². The van der Waals surface area contributed by atoms with Gasteiger partial charge in [-0.1, -0.05) is 13.8 Å². The Balaban J connectivity index is 2.32. The van der Waals surface area contributed by atoms with Crippen molar-refractivity contribution in [2.45, 2.75) is 24.7 Å². The average molecular weight is 349 g/mol. The van der Waals surface area contributed by atoms with Gasteiger partial charge in [-0.2, -0.15) is 0 Å². The van der Waals surface area contributed by atoms with Gasteiger partial charge in [0.25, 0.3) is 10.0 Å². The third-order valence-corrected chi connectivity index (χ3v) is 4.91. The Labute approximate surface area is 141 Å². The van der Waals surface area contributed by atoms with Crippen LogP contribution in [0.4, 0.5) is 5.69 Å². The number of ether oxygens (including phenoxy) is 1. The van der Waals surface area contributed by atoms with Crippen molar-refractivity contribution < 1.29 is 23.1 Å². The molecule has 2 aromatic carbocycles. The Bertz CT molecular complexity index is 842. The van der Waals surface area contributed by atoms with Crippen LogP contribution in [0.15, 0.2) is 47.4 Å². The van der Waals surface area contributed by atoms with E-state index >= 15 is 0 Å². The Morgan fingerprint density at radius 2 is 1.75 bits per heavy atom. The molecule has 2 N–H and O–H groups in total. The maximum Gasteiger partial charge on any atom is 0.335 e. The maximum atomic E-state index is 12.4. The molecule has 2 aromatic rings. The molecule has 0 bridgehead atoms. The molecule has 0 radical (unpaired) electrons. The van der Waals surface area contributed by atoms with Crippen molar-refractivity contribution in [1.29, 1.82) is 0 Å². The van der Waals surface area contributed by atoms with Crippen molar-refractivity contribution >= 4 is 21.7 Å². The number of carbonyl (C=O) groups is 1. The SMILES string of the molecule is COc1ccc(NS(=O)(=O)c2ccc(C(=O)O)cc2)cc1C(C)C. The lowest BCUT2D eigenvalue weighted by Gasteiger charge is -2.15. The molecule has 0 aliphatic heterocycles. The lowest BCUT2D eigenvalue weighted by atomic mass is 10.0. The third kappa shape index (κ3) is 3.86. The van der Waals surface area contributed by atoms with E-state index in [2.05, 4.69) is 4.72 Å². The molecule has 0 saturated carbocycles. The minimum Gasteiger partial charge on any atom is -0.496 e. The summed E-state index contributed by atoms with van der Waals surface area (Å²) in [5.74, 6) is -0.248. The monoisotopic (exact) mass is 349 g/mol. The molecule has 7 heteroatoms. The largest absolute Gasteiger partial charge is 0.496 e. The minimum absolute atomic E-state index is 0.00517. The van der Waals surface area contributed by atoms with Crippen LogP contribution in [0.3, 0.4) is 0 Å². The van der Waals surface area contributed by atoms with E-state index in [1.807, 2.05) is 13.8 Å². The fourth-order valence-electron chi connectivity index (χ4n) is 2.24. The quantitative estimate of drug-likeness (QED) is 0.834. The van der Waals surface area contributed by atoms with Crippen LogP contribution >= 0.6 is 0 Å². The topological polar surface area (TPSA) is 92.7 Å². The first kappa shape index (κ1) is 17.8. The molecule has 0 spiro atoms. The van der Waals surface area contributed by atoms with E-state index in [1.165, 1.54) is 24.3 Å². The second-order valence-electron chi connectivity index (χ2n) is 5.55. The summed E-state index contributed by atoms with van der Waals surface area (Å²) < 4.78 is 32.6. The molecule has 2 rings (SSSR count). The summed E-state index contributed by atoms with van der Waals surface area (Å²) in [4.78, 5) is 10.8. The van der Waals surface area contributed by atoms with Crippen LogP contribution in [0.1, 0.15) is 35.7 Å². The summed E-state index contributed by atoms with van der Waals surface area (Å²) in [5.41, 5.74) is 1.33. The summed E-state index contributed by atoms with van der Waals surface area (Å²) >= 11 is 0. The van der Waals surface area contributed by atoms with Crippen LogP contribution in [0.5, 0.6) is 5.75 Å². The van der Waals surface area contributed by atoms with Crippen molar-refractivity contribution in [3.63, 3.8) is 0 Å². The van der Waals surface area contributed by atoms with E-state index in [0.29, 0.717) is 11.4 Å². The van der Waals surface area contributed by atoms with E-state index in [9.17, 15) is 13.2 Å². The number of anilines is 1. The van der Waals surface area contributed by atoms with Gasteiger partial charge in [0.2, 0.25) is 0 Å². The van der Waals surface area contributed by atoms with Crippen molar-refractivity contribution in [2.75, 3.05) is 11.8 Å². The number of rotatable bonds is 6. The molecule has 0 fully saturated rings. The van der Waals surface area contributed by atoms with Crippen molar-refractivity contribution in [3.05, 3.63) is 53.6 Å². The van der Waals surface area contributed by atoms with Crippen LogP contribution in [0, 0.1) is 0 Å². The van der Waals surface area contributed by atoms with E-state index in [-0.39, 0.29) is 16.4 Å². The number of methoxy groups -OCH3 is 1. The van der Waals surface area contributed by atoms with Gasteiger partial charge in [0.1, 0.15) is 5.75 Å². The highest BCUT2D eigenvalue weighted by Crippen LogP contribution is 2.30. The first-order valence-corrected chi connectivity index (χ1v) is 8.77. The summed E-state index contributed by atoms with van der Waals surface area (Å²) in [6, 6.07) is 10.1. The molecule has 0 aliphatic rings. The van der Waals surface area contributed by atoms with Gasteiger partial charge in [0.15, 0.2) is 0 Å². The van der Waals surface area contributed by atoms with E-state index in [0.717, 1.165) is 5.56 Å². The summed E-state index contributed by atoms with van der Waals surface area (Å²) in [5, 5.41) is 8.87. The first-order chi connectivity index (χ1) is 11.2. The molecule has 0 unspecified atom stereocenters. The predicted octanol–water partition coefficient (Wildman–Crippen LogP) is 3.32. The average Bonchev–Trinajstić information content (AvgIpc) is 2.54. The van der Waals surface area contributed by atoms with Crippen LogP contribution in [0.2, 0.25) is 0 Å². The van der Waals surface area contributed by atoms with Gasteiger partial charge in [-0.15, -0.1) is 0 Å². The highest BCUT2D eigenvalue weighted by Gasteiger charge is 2.16. The summed E-state index contributed by atoms with van der Waals surface area (Å²) in [6.45, 7) is 3.97. The Morgan fingerprint density at radius 1 is 1.12 bits per heavy atom. The van der Waals surface area contributed by atoms with Gasteiger partial charge in [-0.3, -0.25) is 4.72 Å². The molecule has 0 aliphatic carbocycles. The van der Waals surface area contributed by atoms with E-state index < -0.39 is 16.0 Å². The van der Waals surface area contributed by atoms with E-state index in [4.69, 9.17) is 9.84 Å². The van der Waals surface area contributed by atoms with Gasteiger partial charge >= 0.3 is 5.97 Å². The van der Waals surface area contributed by atoms with Crippen molar-refractivity contribution in [3.8, 4) is 5.75 Å². The number of nitrogens with one attached hydrogen (secondary N) is 1. The molecule has 6 nitrogen and oxygen atoms in total. The van der Waals surface area contributed by atoms with Crippen LogP contribution < -0.4 is 9.46 Å². The van der Waals surface area contributed by atoms with Crippen molar-refractivity contribution in [2.24, 2.45) is 0 Å². The molecular formula is C17H19NO5S. The number of sulfonamides is 1. The molecule has 0 atom stereocenters. The number of carboxylic acids is 1. The van der Waals surface area contributed by atoms with Gasteiger partial charge < -0.3 is 9.84 Å². The highest BCUT2D eigenvalue weighted by molar-refractivity contribution is 7.92. The zero-order valence-electron chi connectivity index (χ0n) is 13.6. The normalized spacial score (nSPS) is 11.3. The van der Waals surface area contributed by atoms with Gasteiger partial charge in [0, 0.05) is 5.69 Å². The predicted molar refractivity (Wildman–Crippen MR) is 91.3 cm³/mol. The standard InChI is InChI=1S/C17H19NO5S/c1-11(2)15-10-13(6-9-16(15)23-3)18-24(21,22)14-7-4-12(5-8-14)17(19)20/h4-11,18H,1-3H3,(H,19,20). The van der Waals surface area contributed by atoms with Gasteiger partial charge in [0.05, 0.1) is 17.6 Å². The Kier molecular flexibility index (Phi) is 5.14. The molecular weight excluding hydrogens is 330 g/mol. The molecule has 0 saturated heterocycles. The second kappa shape index (κ2) is 6.92. The lowest BCUT2D eigenvalue weighted by Crippen LogP contribution is -2.13. The number of hydrogen-bond donors (Lipinski definition) is 2. The number of carboxylic acid groups (broad SMARTS) is 1. The summed E-state index contributed by atoms with van der Waals surface area (Å²) in [6.07, 6.45) is 0. The molecule has 24 heavy (non-hydrogen) atoms. The smallest absolute Gasteiger partial charge is 0.335 e. The number of hydrogen-bond acceptors (Lipinski definition) is 4. The van der Waals surface area contributed by atoms with Gasteiger partial charge in [-0.05, 0) is 53.9 Å². The molecule has 0 heterocycles. The maximum absolute atomic E-state index is 12.4. The fourth-order valence-corrected chi connectivity index (χ4v) is 3.29. The Hall–Kier alpha value is -2.54. The fraction of sp³-hybridized carbons (Fsp3) is 0.235. The molecule has 0 aromatic heterocycles. The van der Waals surface area contributed by atoms with E-state index in [1.54, 1.807) is 25.3 Å². The lowest BCUT2D eigenvalue weighted by molar-refractivity contribution is 0.0696. The summed E-state index contributed by atoms with van der Waals surface area (Å²) in [7, 11) is -2.24. The zero-order valence-corrected chi connectivity index (χ0v) is 14.4. The first-order valence-electron chi connectivity index (χ1n) is 7.28. The van der Waals surface area contributed by atoms with Crippen LogP contribution in [-0.2, 0) is 10.0 Å².